The lowest BCUT2D eigenvalue weighted by molar-refractivity contribution is -0.122. The molecule has 8 nitrogen and oxygen atoms in total. The van der Waals surface area contributed by atoms with Crippen LogP contribution in [0.25, 0.3) is 0 Å². The third kappa shape index (κ3) is 5.96. The number of nitrogens with one attached hydrogen (secondary N) is 1. The zero-order valence-electron chi connectivity index (χ0n) is 14.5. The van der Waals surface area contributed by atoms with Crippen molar-refractivity contribution in [2.24, 2.45) is 0 Å². The molecule has 0 aromatic carbocycles. The smallest absolute Gasteiger partial charge is 0.410 e. The summed E-state index contributed by atoms with van der Waals surface area (Å²) in [5.74, 6) is -0.259. The number of likely N-dealkylation sites (tertiary alicyclic amines) is 1. The van der Waals surface area contributed by atoms with Crippen LogP contribution in [0.2, 0.25) is 0 Å². The third-order valence-corrected chi connectivity index (χ3v) is 3.56. The van der Waals surface area contributed by atoms with E-state index in [9.17, 15) is 14.4 Å². The Morgan fingerprint density at radius 1 is 1.22 bits per heavy atom. The quantitative estimate of drug-likeness (QED) is 0.840. The van der Waals surface area contributed by atoms with Gasteiger partial charge in [0.15, 0.2) is 0 Å². The van der Waals surface area contributed by atoms with E-state index in [-0.39, 0.29) is 24.6 Å². The van der Waals surface area contributed by atoms with Crippen molar-refractivity contribution >= 4 is 18.1 Å². The Morgan fingerprint density at radius 3 is 2.22 bits per heavy atom. The van der Waals surface area contributed by atoms with Crippen LogP contribution in [0.3, 0.4) is 0 Å². The average molecular weight is 329 g/mol. The van der Waals surface area contributed by atoms with E-state index in [1.165, 1.54) is 19.1 Å². The number of carbonyl (C=O) groups is 3. The van der Waals surface area contributed by atoms with Crippen molar-refractivity contribution in [2.75, 3.05) is 33.8 Å². The predicted octanol–water partition coefficient (Wildman–Crippen LogP) is 1.20. The van der Waals surface area contributed by atoms with Crippen molar-refractivity contribution in [3.63, 3.8) is 0 Å². The Labute approximate surface area is 137 Å². The molecule has 1 heterocycles. The standard InChI is InChI=1S/C15H27N3O5/c1-15(2,3)23-13(20)17-8-6-11(7-9-17)18(14(21)22-5)10-12(19)16-4/h11H,6-10H2,1-5H3,(H,16,19). The maximum Gasteiger partial charge on any atom is 0.410 e. The molecule has 132 valence electrons. The largest absolute Gasteiger partial charge is 0.453 e. The number of piperidine rings is 1. The highest BCUT2D eigenvalue weighted by atomic mass is 16.6. The molecule has 0 spiro atoms. The average Bonchev–Trinajstić information content (AvgIpc) is 2.50. The monoisotopic (exact) mass is 329 g/mol. The number of amides is 3. The number of nitrogens with zero attached hydrogens (tertiary/aromatic N) is 2. The van der Waals surface area contributed by atoms with E-state index in [1.54, 1.807) is 4.90 Å². The number of methoxy groups -OCH3 is 1. The van der Waals surface area contributed by atoms with E-state index < -0.39 is 11.7 Å². The van der Waals surface area contributed by atoms with E-state index in [0.717, 1.165) is 0 Å². The lowest BCUT2D eigenvalue weighted by atomic mass is 10.0. The fraction of sp³-hybridized carbons (Fsp3) is 0.800. The summed E-state index contributed by atoms with van der Waals surface area (Å²) in [5, 5.41) is 2.49. The molecule has 0 radical (unpaired) electrons. The van der Waals surface area contributed by atoms with Crippen LogP contribution in [0.5, 0.6) is 0 Å². The summed E-state index contributed by atoms with van der Waals surface area (Å²) in [4.78, 5) is 38.5. The molecule has 1 rings (SSSR count). The Bertz CT molecular complexity index is 439. The highest BCUT2D eigenvalue weighted by molar-refractivity contribution is 5.82. The van der Waals surface area contributed by atoms with Gasteiger partial charge in [0, 0.05) is 26.2 Å². The molecule has 0 aromatic heterocycles. The van der Waals surface area contributed by atoms with Gasteiger partial charge in [-0.15, -0.1) is 0 Å². The van der Waals surface area contributed by atoms with Gasteiger partial charge in [-0.25, -0.2) is 9.59 Å². The number of rotatable bonds is 3. The summed E-state index contributed by atoms with van der Waals surface area (Å²) in [6.45, 7) is 6.35. The minimum atomic E-state index is -0.538. The van der Waals surface area contributed by atoms with Gasteiger partial charge < -0.3 is 19.7 Å². The lowest BCUT2D eigenvalue weighted by Crippen LogP contribution is -2.51. The van der Waals surface area contributed by atoms with Crippen molar-refractivity contribution in [3.8, 4) is 0 Å². The Morgan fingerprint density at radius 2 is 1.78 bits per heavy atom. The molecule has 1 aliphatic heterocycles. The molecule has 1 N–H and O–H groups in total. The number of hydrogen-bond acceptors (Lipinski definition) is 5. The molecular weight excluding hydrogens is 302 g/mol. The van der Waals surface area contributed by atoms with E-state index >= 15 is 0 Å². The highest BCUT2D eigenvalue weighted by Gasteiger charge is 2.32. The van der Waals surface area contributed by atoms with E-state index in [2.05, 4.69) is 5.32 Å². The molecule has 1 aliphatic rings. The molecule has 0 atom stereocenters. The first-order chi connectivity index (χ1) is 10.7. The van der Waals surface area contributed by atoms with Crippen LogP contribution >= 0.6 is 0 Å². The van der Waals surface area contributed by atoms with Crippen molar-refractivity contribution in [2.45, 2.75) is 45.3 Å². The molecular formula is C15H27N3O5. The number of carbonyl (C=O) groups excluding carboxylic acids is 3. The van der Waals surface area contributed by atoms with Crippen molar-refractivity contribution in [1.29, 1.82) is 0 Å². The second-order valence-electron chi connectivity index (χ2n) is 6.47. The molecule has 1 fully saturated rings. The highest BCUT2D eigenvalue weighted by Crippen LogP contribution is 2.19. The Balaban J connectivity index is 2.62. The van der Waals surface area contributed by atoms with Crippen LogP contribution in [0.4, 0.5) is 9.59 Å². The zero-order chi connectivity index (χ0) is 17.6. The van der Waals surface area contributed by atoms with Gasteiger partial charge in [0.1, 0.15) is 12.1 Å². The third-order valence-electron chi connectivity index (χ3n) is 3.56. The van der Waals surface area contributed by atoms with Crippen LogP contribution < -0.4 is 5.32 Å². The molecule has 0 bridgehead atoms. The zero-order valence-corrected chi connectivity index (χ0v) is 14.5. The fourth-order valence-electron chi connectivity index (χ4n) is 2.38. The SMILES string of the molecule is CNC(=O)CN(C(=O)OC)C1CCN(C(=O)OC(C)(C)C)CC1. The number of likely N-dealkylation sites (N-methyl/N-ethyl adjacent to an activating group) is 1. The van der Waals surface area contributed by atoms with Crippen molar-refractivity contribution < 1.29 is 23.9 Å². The minimum Gasteiger partial charge on any atom is -0.453 e. The molecule has 0 unspecified atom stereocenters. The first-order valence-electron chi connectivity index (χ1n) is 7.71. The molecule has 0 aliphatic carbocycles. The van der Waals surface area contributed by atoms with Crippen LogP contribution in [-0.4, -0.2) is 73.3 Å². The van der Waals surface area contributed by atoms with E-state index in [1.807, 2.05) is 20.8 Å². The number of ether oxygens (including phenoxy) is 2. The molecule has 1 saturated heterocycles. The van der Waals surface area contributed by atoms with Crippen molar-refractivity contribution in [3.05, 3.63) is 0 Å². The van der Waals surface area contributed by atoms with Gasteiger partial charge >= 0.3 is 12.2 Å². The van der Waals surface area contributed by atoms with Gasteiger partial charge in [0.25, 0.3) is 0 Å². The summed E-state index contributed by atoms with van der Waals surface area (Å²) >= 11 is 0. The van der Waals surface area contributed by atoms with Crippen LogP contribution in [0, 0.1) is 0 Å². The first-order valence-corrected chi connectivity index (χ1v) is 7.71. The van der Waals surface area contributed by atoms with Gasteiger partial charge in [-0.3, -0.25) is 9.69 Å². The second kappa shape index (κ2) is 8.03. The normalized spacial score (nSPS) is 15.8. The molecule has 0 saturated carbocycles. The molecule has 3 amide bonds. The maximum absolute atomic E-state index is 12.0. The van der Waals surface area contributed by atoms with Crippen LogP contribution in [-0.2, 0) is 14.3 Å². The Hall–Kier alpha value is -1.99. The summed E-state index contributed by atoms with van der Waals surface area (Å²) in [7, 11) is 2.80. The molecule has 0 aromatic rings. The van der Waals surface area contributed by atoms with Gasteiger partial charge in [-0.05, 0) is 33.6 Å². The first kappa shape index (κ1) is 19.1. The summed E-state index contributed by atoms with van der Waals surface area (Å²) < 4.78 is 10.1. The van der Waals surface area contributed by atoms with Crippen molar-refractivity contribution in [1.82, 2.24) is 15.1 Å². The molecule has 8 heteroatoms. The fourth-order valence-corrected chi connectivity index (χ4v) is 2.38. The van der Waals surface area contributed by atoms with Crippen LogP contribution in [0.15, 0.2) is 0 Å². The van der Waals surface area contributed by atoms with Gasteiger partial charge in [0.2, 0.25) is 5.91 Å². The Kier molecular flexibility index (Phi) is 6.65. The van der Waals surface area contributed by atoms with Gasteiger partial charge in [-0.1, -0.05) is 0 Å². The summed E-state index contributed by atoms with van der Waals surface area (Å²) in [6, 6.07) is -0.140. The number of hydrogen-bond donors (Lipinski definition) is 1. The summed E-state index contributed by atoms with van der Waals surface area (Å²) in [6.07, 6.45) is 0.257. The van der Waals surface area contributed by atoms with Crippen LogP contribution in [0.1, 0.15) is 33.6 Å². The topological polar surface area (TPSA) is 88.2 Å². The molecule has 23 heavy (non-hydrogen) atoms. The van der Waals surface area contributed by atoms with E-state index in [0.29, 0.717) is 25.9 Å². The predicted molar refractivity (Wildman–Crippen MR) is 84.0 cm³/mol. The second-order valence-corrected chi connectivity index (χ2v) is 6.47. The maximum atomic E-state index is 12.0. The van der Waals surface area contributed by atoms with E-state index in [4.69, 9.17) is 9.47 Å². The lowest BCUT2D eigenvalue weighted by Gasteiger charge is -2.37. The van der Waals surface area contributed by atoms with Gasteiger partial charge in [0.05, 0.1) is 7.11 Å². The van der Waals surface area contributed by atoms with Gasteiger partial charge in [-0.2, -0.15) is 0 Å². The summed E-state index contributed by atoms with van der Waals surface area (Å²) in [5.41, 5.74) is -0.537. The minimum absolute atomic E-state index is 0.0553.